The molecule has 0 aromatic carbocycles. The largest absolute Gasteiger partial charge is 0.165 e. The van der Waals surface area contributed by atoms with Crippen LogP contribution < -0.4 is 0 Å². The minimum Gasteiger partial charge on any atom is -0.165 e. The molecule has 1 aliphatic rings. The monoisotopic (exact) mass is 130 g/mol. The summed E-state index contributed by atoms with van der Waals surface area (Å²) < 4.78 is 0. The highest BCUT2D eigenvalue weighted by Crippen LogP contribution is 2.50. The van der Waals surface area contributed by atoms with Gasteiger partial charge in [0.05, 0.1) is 0 Å². The lowest BCUT2D eigenvalue weighted by Crippen LogP contribution is -1.99. The highest BCUT2D eigenvalue weighted by molar-refractivity contribution is 7.98. The van der Waals surface area contributed by atoms with Gasteiger partial charge in [0.25, 0.3) is 0 Å². The molecule has 0 heterocycles. The standard InChI is InChI=1S/C7H14S/c1-3-7(4-5-7)6-8-2/h3-6H2,1-2H3. The normalized spacial score (nSPS) is 23.2. The third-order valence-electron chi connectivity index (χ3n) is 2.16. The number of thioether (sulfide) groups is 1. The molecular weight excluding hydrogens is 116 g/mol. The van der Waals surface area contributed by atoms with Crippen LogP contribution in [0.3, 0.4) is 0 Å². The number of rotatable bonds is 3. The highest BCUT2D eigenvalue weighted by atomic mass is 32.2. The molecule has 1 heteroatoms. The lowest BCUT2D eigenvalue weighted by molar-refractivity contribution is 0.563. The molecule has 0 nitrogen and oxygen atoms in total. The van der Waals surface area contributed by atoms with Crippen LogP contribution in [0.25, 0.3) is 0 Å². The Labute approximate surface area is 56.0 Å². The molecule has 1 aliphatic carbocycles. The van der Waals surface area contributed by atoms with Crippen LogP contribution in [0.15, 0.2) is 0 Å². The van der Waals surface area contributed by atoms with Crippen LogP contribution in [0.4, 0.5) is 0 Å². The molecular formula is C7H14S. The van der Waals surface area contributed by atoms with E-state index in [0.29, 0.717) is 0 Å². The van der Waals surface area contributed by atoms with E-state index in [-0.39, 0.29) is 0 Å². The zero-order chi connectivity index (χ0) is 6.04. The van der Waals surface area contributed by atoms with Crippen LogP contribution in [-0.2, 0) is 0 Å². The lowest BCUT2D eigenvalue weighted by atomic mass is 10.1. The van der Waals surface area contributed by atoms with E-state index >= 15 is 0 Å². The molecule has 0 bridgehead atoms. The summed E-state index contributed by atoms with van der Waals surface area (Å²) in [4.78, 5) is 0. The second-order valence-electron chi connectivity index (χ2n) is 2.79. The van der Waals surface area contributed by atoms with Crippen molar-refractivity contribution in [3.05, 3.63) is 0 Å². The number of hydrogen-bond donors (Lipinski definition) is 0. The van der Waals surface area contributed by atoms with E-state index in [1.165, 1.54) is 25.0 Å². The lowest BCUT2D eigenvalue weighted by Gasteiger charge is -2.07. The van der Waals surface area contributed by atoms with Gasteiger partial charge in [-0.15, -0.1) is 0 Å². The van der Waals surface area contributed by atoms with Crippen molar-refractivity contribution in [2.75, 3.05) is 12.0 Å². The van der Waals surface area contributed by atoms with Gasteiger partial charge in [0.2, 0.25) is 0 Å². The van der Waals surface area contributed by atoms with Gasteiger partial charge in [-0.1, -0.05) is 6.92 Å². The Morgan fingerprint density at radius 2 is 2.12 bits per heavy atom. The van der Waals surface area contributed by atoms with Crippen molar-refractivity contribution < 1.29 is 0 Å². The van der Waals surface area contributed by atoms with Gasteiger partial charge in [-0.3, -0.25) is 0 Å². The molecule has 0 unspecified atom stereocenters. The maximum absolute atomic E-state index is 2.31. The van der Waals surface area contributed by atoms with Gasteiger partial charge < -0.3 is 0 Å². The first-order valence-electron chi connectivity index (χ1n) is 3.32. The average molecular weight is 130 g/mol. The van der Waals surface area contributed by atoms with Crippen molar-refractivity contribution >= 4 is 11.8 Å². The number of hydrogen-bond acceptors (Lipinski definition) is 1. The van der Waals surface area contributed by atoms with Crippen molar-refractivity contribution in [1.29, 1.82) is 0 Å². The zero-order valence-electron chi connectivity index (χ0n) is 5.74. The first kappa shape index (κ1) is 6.47. The molecule has 48 valence electrons. The third-order valence-corrected chi connectivity index (χ3v) is 3.06. The van der Waals surface area contributed by atoms with Gasteiger partial charge in [0.1, 0.15) is 0 Å². The molecule has 0 radical (unpaired) electrons. The minimum absolute atomic E-state index is 0.805. The molecule has 0 aliphatic heterocycles. The molecule has 1 fully saturated rings. The molecule has 0 saturated heterocycles. The van der Waals surface area contributed by atoms with Crippen LogP contribution in [0, 0.1) is 5.41 Å². The van der Waals surface area contributed by atoms with E-state index in [2.05, 4.69) is 13.2 Å². The van der Waals surface area contributed by atoms with E-state index in [0.717, 1.165) is 5.41 Å². The predicted octanol–water partition coefficient (Wildman–Crippen LogP) is 2.54. The molecule has 8 heavy (non-hydrogen) atoms. The fourth-order valence-electron chi connectivity index (χ4n) is 1.08. The quantitative estimate of drug-likeness (QED) is 0.565. The topological polar surface area (TPSA) is 0 Å². The van der Waals surface area contributed by atoms with E-state index < -0.39 is 0 Å². The zero-order valence-corrected chi connectivity index (χ0v) is 6.55. The molecule has 1 rings (SSSR count). The van der Waals surface area contributed by atoms with Gasteiger partial charge in [-0.2, -0.15) is 11.8 Å². The Balaban J connectivity index is 2.20. The summed E-state index contributed by atoms with van der Waals surface area (Å²) in [6.07, 6.45) is 6.58. The molecule has 0 aromatic rings. The highest BCUT2D eigenvalue weighted by Gasteiger charge is 2.39. The smallest absolute Gasteiger partial charge is 0.00137 e. The van der Waals surface area contributed by atoms with Crippen LogP contribution in [-0.4, -0.2) is 12.0 Å². The van der Waals surface area contributed by atoms with Gasteiger partial charge in [0, 0.05) is 0 Å². The van der Waals surface area contributed by atoms with Crippen molar-refractivity contribution in [2.24, 2.45) is 5.41 Å². The summed E-state index contributed by atoms with van der Waals surface area (Å²) in [5.74, 6) is 1.39. The summed E-state index contributed by atoms with van der Waals surface area (Å²) in [5, 5.41) is 0. The fraction of sp³-hybridized carbons (Fsp3) is 1.00. The molecule has 0 N–H and O–H groups in total. The van der Waals surface area contributed by atoms with Gasteiger partial charge in [-0.25, -0.2) is 0 Å². The van der Waals surface area contributed by atoms with Crippen LogP contribution >= 0.6 is 11.8 Å². The molecule has 0 atom stereocenters. The van der Waals surface area contributed by atoms with Crippen molar-refractivity contribution in [3.63, 3.8) is 0 Å². The van der Waals surface area contributed by atoms with Gasteiger partial charge in [-0.05, 0) is 36.7 Å². The first-order chi connectivity index (χ1) is 3.83. The maximum atomic E-state index is 2.31. The van der Waals surface area contributed by atoms with E-state index in [1.54, 1.807) is 0 Å². The van der Waals surface area contributed by atoms with E-state index in [1.807, 2.05) is 11.8 Å². The predicted molar refractivity (Wildman–Crippen MR) is 40.3 cm³/mol. The Bertz CT molecular complexity index is 74.5. The maximum Gasteiger partial charge on any atom is -0.00137 e. The second-order valence-corrected chi connectivity index (χ2v) is 3.65. The average Bonchev–Trinajstić information content (AvgIpc) is 2.50. The summed E-state index contributed by atoms with van der Waals surface area (Å²) in [7, 11) is 0. The molecule has 0 aromatic heterocycles. The molecule has 0 spiro atoms. The first-order valence-corrected chi connectivity index (χ1v) is 4.71. The van der Waals surface area contributed by atoms with Crippen molar-refractivity contribution in [3.8, 4) is 0 Å². The van der Waals surface area contributed by atoms with Gasteiger partial charge >= 0.3 is 0 Å². The fourth-order valence-corrected chi connectivity index (χ4v) is 2.19. The second kappa shape index (κ2) is 2.30. The Morgan fingerprint density at radius 3 is 2.25 bits per heavy atom. The summed E-state index contributed by atoms with van der Waals surface area (Å²) in [6.45, 7) is 2.31. The van der Waals surface area contributed by atoms with Crippen LogP contribution in [0.2, 0.25) is 0 Å². The summed E-state index contributed by atoms with van der Waals surface area (Å²) in [5.41, 5.74) is 0.805. The Hall–Kier alpha value is 0.350. The van der Waals surface area contributed by atoms with Crippen LogP contribution in [0.5, 0.6) is 0 Å². The minimum atomic E-state index is 0.805. The van der Waals surface area contributed by atoms with E-state index in [9.17, 15) is 0 Å². The van der Waals surface area contributed by atoms with Crippen molar-refractivity contribution in [1.82, 2.24) is 0 Å². The Morgan fingerprint density at radius 1 is 1.50 bits per heavy atom. The molecule has 1 saturated carbocycles. The van der Waals surface area contributed by atoms with E-state index in [4.69, 9.17) is 0 Å². The third kappa shape index (κ3) is 1.19. The Kier molecular flexibility index (Phi) is 1.86. The summed E-state index contributed by atoms with van der Waals surface area (Å²) >= 11 is 2.00. The molecule has 0 amide bonds. The van der Waals surface area contributed by atoms with Gasteiger partial charge in [0.15, 0.2) is 0 Å². The van der Waals surface area contributed by atoms with Crippen LogP contribution in [0.1, 0.15) is 26.2 Å². The summed E-state index contributed by atoms with van der Waals surface area (Å²) in [6, 6.07) is 0. The van der Waals surface area contributed by atoms with Crippen molar-refractivity contribution in [2.45, 2.75) is 26.2 Å². The SMILES string of the molecule is CCC1(CSC)CC1.